The van der Waals surface area contributed by atoms with Crippen molar-refractivity contribution in [2.45, 2.75) is 44.1 Å². The third-order valence-electron chi connectivity index (χ3n) is 5.49. The molecule has 3 aromatic heterocycles. The van der Waals surface area contributed by atoms with Crippen molar-refractivity contribution in [3.8, 4) is 5.75 Å². The summed E-state index contributed by atoms with van der Waals surface area (Å²) in [6.07, 6.45) is 6.91. The van der Waals surface area contributed by atoms with Crippen molar-refractivity contribution in [2.75, 3.05) is 5.32 Å². The first-order chi connectivity index (χ1) is 14.7. The molecule has 1 unspecified atom stereocenters. The minimum Gasteiger partial charge on any atom is -0.488 e. The van der Waals surface area contributed by atoms with Gasteiger partial charge in [0.05, 0.1) is 33.6 Å². The molecule has 7 nitrogen and oxygen atoms in total. The van der Waals surface area contributed by atoms with Crippen molar-refractivity contribution in [1.29, 1.82) is 0 Å². The van der Waals surface area contributed by atoms with Gasteiger partial charge in [0.15, 0.2) is 6.23 Å². The van der Waals surface area contributed by atoms with Crippen molar-refractivity contribution in [3.05, 3.63) is 53.9 Å². The highest BCUT2D eigenvalue weighted by Gasteiger charge is 2.23. The van der Waals surface area contributed by atoms with Crippen LogP contribution >= 0.6 is 11.3 Å². The Kier molecular flexibility index (Phi) is 5.20. The van der Waals surface area contributed by atoms with Gasteiger partial charge in [-0.3, -0.25) is 4.98 Å². The van der Waals surface area contributed by atoms with Gasteiger partial charge in [0.25, 0.3) is 0 Å². The number of thiophene rings is 1. The summed E-state index contributed by atoms with van der Waals surface area (Å²) >= 11 is 1.50. The van der Waals surface area contributed by atoms with Crippen molar-refractivity contribution in [1.82, 2.24) is 15.0 Å². The number of rotatable bonds is 5. The Labute approximate surface area is 177 Å². The van der Waals surface area contributed by atoms with Crippen LogP contribution in [0.4, 0.5) is 5.69 Å². The first kappa shape index (κ1) is 19.2. The molecule has 3 heterocycles. The van der Waals surface area contributed by atoms with E-state index in [4.69, 9.17) is 4.74 Å². The van der Waals surface area contributed by atoms with Crippen LogP contribution in [0.5, 0.6) is 5.75 Å². The van der Waals surface area contributed by atoms with Gasteiger partial charge >= 0.3 is 0 Å². The molecule has 154 valence electrons. The average molecular weight is 423 g/mol. The first-order valence-electron chi connectivity index (χ1n) is 10.0. The predicted molar refractivity (Wildman–Crippen MR) is 117 cm³/mol. The number of benzene rings is 1. The van der Waals surface area contributed by atoms with E-state index in [1.165, 1.54) is 17.7 Å². The van der Waals surface area contributed by atoms with Crippen LogP contribution in [0.1, 0.15) is 37.5 Å². The predicted octanol–water partition coefficient (Wildman–Crippen LogP) is 4.02. The molecule has 1 aromatic carbocycles. The number of fused-ring (bicyclic) bond motifs is 2. The topological polar surface area (TPSA) is 100 Å². The molecule has 0 spiro atoms. The maximum Gasteiger partial charge on any atom is 0.153 e. The summed E-state index contributed by atoms with van der Waals surface area (Å²) in [5, 5.41) is 26.8. The zero-order valence-corrected chi connectivity index (χ0v) is 17.0. The highest BCUT2D eigenvalue weighted by molar-refractivity contribution is 7.17. The van der Waals surface area contributed by atoms with Gasteiger partial charge in [0.2, 0.25) is 0 Å². The molecule has 1 fully saturated rings. The fourth-order valence-corrected chi connectivity index (χ4v) is 4.77. The molecule has 5 rings (SSSR count). The number of nitrogens with one attached hydrogen (secondary N) is 1. The fraction of sp³-hybridized carbons (Fsp3) is 0.318. The molecule has 1 aliphatic rings. The number of aromatic nitrogens is 3. The maximum atomic E-state index is 10.9. The van der Waals surface area contributed by atoms with Gasteiger partial charge < -0.3 is 20.3 Å². The molecular formula is C22H22N4O3S. The Morgan fingerprint density at radius 1 is 1.17 bits per heavy atom. The third-order valence-corrected chi connectivity index (χ3v) is 6.42. The summed E-state index contributed by atoms with van der Waals surface area (Å²) in [5.41, 5.74) is 2.97. The van der Waals surface area contributed by atoms with E-state index in [0.717, 1.165) is 46.8 Å². The molecule has 1 saturated carbocycles. The Bertz CT molecular complexity index is 1170. The lowest BCUT2D eigenvalue weighted by Gasteiger charge is -2.27. The molecule has 8 heteroatoms. The van der Waals surface area contributed by atoms with Crippen molar-refractivity contribution in [2.24, 2.45) is 0 Å². The molecule has 3 N–H and O–H groups in total. The number of pyridine rings is 1. The van der Waals surface area contributed by atoms with E-state index in [1.54, 1.807) is 12.4 Å². The number of hydrogen-bond acceptors (Lipinski definition) is 8. The molecule has 30 heavy (non-hydrogen) atoms. The Hall–Kier alpha value is -2.81. The second kappa shape index (κ2) is 8.14. The van der Waals surface area contributed by atoms with Crippen LogP contribution in [-0.2, 0) is 0 Å². The molecule has 4 aromatic rings. The van der Waals surface area contributed by atoms with Gasteiger partial charge in [0, 0.05) is 34.8 Å². The fourth-order valence-electron chi connectivity index (χ4n) is 3.88. The van der Waals surface area contributed by atoms with Crippen LogP contribution in [0.15, 0.2) is 48.4 Å². The minimum absolute atomic E-state index is 0.0296. The Morgan fingerprint density at radius 3 is 2.90 bits per heavy atom. The molecular weight excluding hydrogens is 400 g/mol. The summed E-state index contributed by atoms with van der Waals surface area (Å²) in [6, 6.07) is 7.72. The van der Waals surface area contributed by atoms with E-state index in [-0.39, 0.29) is 12.2 Å². The normalized spacial score (nSPS) is 20.3. The van der Waals surface area contributed by atoms with Gasteiger partial charge in [-0.05, 0) is 37.8 Å². The molecule has 0 aliphatic heterocycles. The van der Waals surface area contributed by atoms with E-state index in [2.05, 4.69) is 20.3 Å². The smallest absolute Gasteiger partial charge is 0.153 e. The van der Waals surface area contributed by atoms with Crippen molar-refractivity contribution < 1.29 is 14.9 Å². The second-order valence-corrected chi connectivity index (χ2v) is 8.48. The van der Waals surface area contributed by atoms with Gasteiger partial charge in [-0.2, -0.15) is 0 Å². The maximum absolute atomic E-state index is 10.9. The molecule has 0 bridgehead atoms. The van der Waals surface area contributed by atoms with Crippen LogP contribution in [0.25, 0.3) is 21.1 Å². The van der Waals surface area contributed by atoms with E-state index in [9.17, 15) is 10.2 Å². The number of nitrogens with zero attached hydrogens (tertiary/aromatic N) is 3. The number of aliphatic hydroxyl groups is 2. The van der Waals surface area contributed by atoms with Crippen molar-refractivity contribution >= 4 is 38.1 Å². The number of hydrogen-bond donors (Lipinski definition) is 3. The SMILES string of the molecule is OC(Nc1cc2cccnc2cc1O[C@H]1CC[C@@H](O)CC1)c1csc2cncnc12. The van der Waals surface area contributed by atoms with Crippen LogP contribution < -0.4 is 10.1 Å². The largest absolute Gasteiger partial charge is 0.488 e. The van der Waals surface area contributed by atoms with Gasteiger partial charge in [-0.25, -0.2) is 9.97 Å². The summed E-state index contributed by atoms with van der Waals surface area (Å²) in [6.45, 7) is 0. The molecule has 0 amide bonds. The summed E-state index contributed by atoms with van der Waals surface area (Å²) in [4.78, 5) is 12.8. The Balaban J connectivity index is 1.47. The third kappa shape index (κ3) is 3.81. The van der Waals surface area contributed by atoms with Crippen LogP contribution in [0.2, 0.25) is 0 Å². The van der Waals surface area contributed by atoms with E-state index >= 15 is 0 Å². The quantitative estimate of drug-likeness (QED) is 0.418. The summed E-state index contributed by atoms with van der Waals surface area (Å²) < 4.78 is 7.23. The van der Waals surface area contributed by atoms with E-state index in [1.807, 2.05) is 29.6 Å². The standard InChI is InChI=1S/C22H22N4O3S/c27-14-3-5-15(6-4-14)29-19-9-17-13(2-1-7-24-17)8-18(19)26-22(28)16-11-30-20-10-23-12-25-21(16)20/h1-2,7-12,14-15,22,26-28H,3-6H2/t14-,15+,22?. The molecule has 1 aliphatic carbocycles. The van der Waals surface area contributed by atoms with Gasteiger partial charge in [-0.1, -0.05) is 6.07 Å². The highest BCUT2D eigenvalue weighted by atomic mass is 32.1. The number of ether oxygens (including phenoxy) is 1. The Morgan fingerprint density at radius 2 is 2.03 bits per heavy atom. The highest BCUT2D eigenvalue weighted by Crippen LogP contribution is 2.36. The summed E-state index contributed by atoms with van der Waals surface area (Å²) in [5.74, 6) is 0.649. The van der Waals surface area contributed by atoms with Crippen molar-refractivity contribution in [3.63, 3.8) is 0 Å². The molecule has 0 saturated heterocycles. The van der Waals surface area contributed by atoms with E-state index < -0.39 is 6.23 Å². The number of anilines is 1. The van der Waals surface area contributed by atoms with Gasteiger partial charge in [0.1, 0.15) is 12.1 Å². The first-order valence-corrected chi connectivity index (χ1v) is 10.9. The monoisotopic (exact) mass is 422 g/mol. The zero-order chi connectivity index (χ0) is 20.5. The van der Waals surface area contributed by atoms with Crippen LogP contribution in [0, 0.1) is 0 Å². The lowest BCUT2D eigenvalue weighted by Crippen LogP contribution is -2.26. The van der Waals surface area contributed by atoms with Crippen LogP contribution in [-0.4, -0.2) is 37.4 Å². The molecule has 0 radical (unpaired) electrons. The van der Waals surface area contributed by atoms with Gasteiger partial charge in [-0.15, -0.1) is 11.3 Å². The second-order valence-electron chi connectivity index (χ2n) is 7.57. The average Bonchev–Trinajstić information content (AvgIpc) is 3.20. The number of aliphatic hydroxyl groups excluding tert-OH is 2. The summed E-state index contributed by atoms with van der Waals surface area (Å²) in [7, 11) is 0. The molecule has 1 atom stereocenters. The van der Waals surface area contributed by atoms with Crippen LogP contribution in [0.3, 0.4) is 0 Å². The lowest BCUT2D eigenvalue weighted by atomic mass is 9.95. The van der Waals surface area contributed by atoms with E-state index in [0.29, 0.717) is 17.0 Å². The minimum atomic E-state index is -0.946. The lowest BCUT2D eigenvalue weighted by molar-refractivity contribution is 0.0668. The zero-order valence-electron chi connectivity index (χ0n) is 16.2.